The van der Waals surface area contributed by atoms with Crippen LogP contribution in [0, 0.1) is 0 Å². The largest absolute Gasteiger partial charge is 0.347 e. The smallest absolute Gasteiger partial charge is 0.288 e. The van der Waals surface area contributed by atoms with E-state index in [1.807, 2.05) is 0 Å². The molecule has 0 saturated carbocycles. The van der Waals surface area contributed by atoms with Gasteiger partial charge in [0, 0.05) is 16.6 Å². The zero-order valence-corrected chi connectivity index (χ0v) is 11.0. The first-order valence-corrected chi connectivity index (χ1v) is 5.90. The van der Waals surface area contributed by atoms with Gasteiger partial charge in [-0.3, -0.25) is 14.4 Å². The minimum atomic E-state index is -0.733. The van der Waals surface area contributed by atoms with E-state index in [1.54, 1.807) is 26.0 Å². The first-order valence-electron chi connectivity index (χ1n) is 5.52. The fourth-order valence-electron chi connectivity index (χ4n) is 1.31. The Hall–Kier alpha value is -1.68. The monoisotopic (exact) mass is 267 g/mol. The number of benzene rings is 1. The molecule has 0 bridgehead atoms. The van der Waals surface area contributed by atoms with Crippen LogP contribution in [-0.4, -0.2) is 23.5 Å². The molecule has 1 amide bonds. The normalized spacial score (nSPS) is 10.2. The molecule has 96 valence electrons. The summed E-state index contributed by atoms with van der Waals surface area (Å²) in [6.45, 7) is 3.48. The summed E-state index contributed by atoms with van der Waals surface area (Å²) in [6, 6.07) is 6.05. The first kappa shape index (κ1) is 14.4. The second-order valence-electron chi connectivity index (χ2n) is 4.16. The molecule has 0 fully saturated rings. The average Bonchev–Trinajstić information content (AvgIpc) is 2.28. The Morgan fingerprint density at radius 2 is 1.72 bits per heavy atom. The summed E-state index contributed by atoms with van der Waals surface area (Å²) >= 11 is 5.69. The van der Waals surface area contributed by atoms with E-state index in [-0.39, 0.29) is 6.04 Å². The SMILES string of the molecule is CC(C)NC(=O)C(=O)CC(=O)c1ccc(Cl)cc1. The quantitative estimate of drug-likeness (QED) is 0.504. The lowest BCUT2D eigenvalue weighted by Gasteiger charge is -2.06. The molecule has 0 unspecified atom stereocenters. The molecule has 0 aliphatic carbocycles. The Labute approximate surface area is 110 Å². The second-order valence-corrected chi connectivity index (χ2v) is 4.59. The molecule has 18 heavy (non-hydrogen) atoms. The zero-order valence-electron chi connectivity index (χ0n) is 10.2. The van der Waals surface area contributed by atoms with Crippen molar-refractivity contribution < 1.29 is 14.4 Å². The Morgan fingerprint density at radius 3 is 2.22 bits per heavy atom. The Kier molecular flexibility index (Phi) is 5.04. The van der Waals surface area contributed by atoms with Crippen LogP contribution in [0.5, 0.6) is 0 Å². The van der Waals surface area contributed by atoms with Crippen LogP contribution in [0.15, 0.2) is 24.3 Å². The van der Waals surface area contributed by atoms with E-state index < -0.39 is 23.9 Å². The molecule has 4 nitrogen and oxygen atoms in total. The number of carbonyl (C=O) groups excluding carboxylic acids is 3. The average molecular weight is 268 g/mol. The third-order valence-electron chi connectivity index (χ3n) is 2.16. The van der Waals surface area contributed by atoms with Crippen molar-refractivity contribution in [2.24, 2.45) is 0 Å². The van der Waals surface area contributed by atoms with E-state index in [0.717, 1.165) is 0 Å². The fraction of sp³-hybridized carbons (Fsp3) is 0.308. The van der Waals surface area contributed by atoms with Gasteiger partial charge in [0.2, 0.25) is 5.78 Å². The number of amides is 1. The molecule has 5 heteroatoms. The van der Waals surface area contributed by atoms with Gasteiger partial charge < -0.3 is 5.32 Å². The van der Waals surface area contributed by atoms with Gasteiger partial charge in [0.25, 0.3) is 5.91 Å². The van der Waals surface area contributed by atoms with Crippen LogP contribution >= 0.6 is 11.6 Å². The van der Waals surface area contributed by atoms with Crippen molar-refractivity contribution in [3.63, 3.8) is 0 Å². The molecule has 0 heterocycles. The molecular formula is C13H14ClNO3. The van der Waals surface area contributed by atoms with Crippen molar-refractivity contribution in [2.75, 3.05) is 0 Å². The van der Waals surface area contributed by atoms with Crippen molar-refractivity contribution in [3.05, 3.63) is 34.9 Å². The van der Waals surface area contributed by atoms with E-state index in [1.165, 1.54) is 12.1 Å². The minimum absolute atomic E-state index is 0.132. The number of hydrogen-bond donors (Lipinski definition) is 1. The Balaban J connectivity index is 2.62. The number of nitrogens with one attached hydrogen (secondary N) is 1. The number of Topliss-reactive ketones (excluding diaryl/α,β-unsaturated/α-hetero) is 2. The summed E-state index contributed by atoms with van der Waals surface area (Å²) < 4.78 is 0. The van der Waals surface area contributed by atoms with E-state index in [9.17, 15) is 14.4 Å². The molecule has 0 radical (unpaired) electrons. The highest BCUT2D eigenvalue weighted by atomic mass is 35.5. The zero-order chi connectivity index (χ0) is 13.7. The maximum atomic E-state index is 11.7. The van der Waals surface area contributed by atoms with E-state index in [4.69, 9.17) is 11.6 Å². The van der Waals surface area contributed by atoms with Gasteiger partial charge in [0.1, 0.15) is 0 Å². The van der Waals surface area contributed by atoms with Crippen LogP contribution in [0.1, 0.15) is 30.6 Å². The van der Waals surface area contributed by atoms with Gasteiger partial charge in [-0.25, -0.2) is 0 Å². The Bertz CT molecular complexity index is 466. The van der Waals surface area contributed by atoms with Crippen molar-refractivity contribution in [2.45, 2.75) is 26.3 Å². The number of halogens is 1. The number of rotatable bonds is 5. The molecule has 0 atom stereocenters. The number of ketones is 2. The molecule has 1 aromatic carbocycles. The van der Waals surface area contributed by atoms with Crippen LogP contribution in [0.2, 0.25) is 5.02 Å². The highest BCUT2D eigenvalue weighted by Crippen LogP contribution is 2.11. The lowest BCUT2D eigenvalue weighted by atomic mass is 10.1. The predicted molar refractivity (Wildman–Crippen MR) is 68.7 cm³/mol. The second kappa shape index (κ2) is 6.31. The summed E-state index contributed by atoms with van der Waals surface area (Å²) in [4.78, 5) is 34.5. The first-order chi connectivity index (χ1) is 8.40. The van der Waals surface area contributed by atoms with Crippen molar-refractivity contribution in [1.29, 1.82) is 0 Å². The van der Waals surface area contributed by atoms with Gasteiger partial charge in [0.05, 0.1) is 6.42 Å². The summed E-state index contributed by atoms with van der Waals surface area (Å²) in [6.07, 6.45) is -0.430. The van der Waals surface area contributed by atoms with Gasteiger partial charge in [0.15, 0.2) is 5.78 Å². The van der Waals surface area contributed by atoms with Crippen LogP contribution in [0.3, 0.4) is 0 Å². The Morgan fingerprint density at radius 1 is 1.17 bits per heavy atom. The van der Waals surface area contributed by atoms with Gasteiger partial charge in [-0.1, -0.05) is 11.6 Å². The minimum Gasteiger partial charge on any atom is -0.347 e. The third kappa shape index (κ3) is 4.30. The van der Waals surface area contributed by atoms with E-state index in [2.05, 4.69) is 5.32 Å². The lowest BCUT2D eigenvalue weighted by Crippen LogP contribution is -2.36. The van der Waals surface area contributed by atoms with Crippen molar-refractivity contribution >= 4 is 29.1 Å². The highest BCUT2D eigenvalue weighted by Gasteiger charge is 2.19. The van der Waals surface area contributed by atoms with Gasteiger partial charge >= 0.3 is 0 Å². The maximum absolute atomic E-state index is 11.7. The van der Waals surface area contributed by atoms with Crippen LogP contribution < -0.4 is 5.32 Å². The van der Waals surface area contributed by atoms with Crippen LogP contribution in [0.25, 0.3) is 0 Å². The summed E-state index contributed by atoms with van der Waals surface area (Å²) in [5.74, 6) is -1.86. The van der Waals surface area contributed by atoms with Gasteiger partial charge in [-0.15, -0.1) is 0 Å². The van der Waals surface area contributed by atoms with Crippen molar-refractivity contribution in [1.82, 2.24) is 5.32 Å². The number of carbonyl (C=O) groups is 3. The molecule has 1 aromatic rings. The maximum Gasteiger partial charge on any atom is 0.288 e. The fourth-order valence-corrected chi connectivity index (χ4v) is 1.43. The number of hydrogen-bond acceptors (Lipinski definition) is 3. The predicted octanol–water partition coefficient (Wildman–Crippen LogP) is 2.01. The molecule has 0 saturated heterocycles. The molecule has 0 aliphatic heterocycles. The van der Waals surface area contributed by atoms with E-state index in [0.29, 0.717) is 10.6 Å². The topological polar surface area (TPSA) is 63.2 Å². The molecule has 0 aromatic heterocycles. The molecule has 1 N–H and O–H groups in total. The van der Waals surface area contributed by atoms with Crippen molar-refractivity contribution in [3.8, 4) is 0 Å². The summed E-state index contributed by atoms with van der Waals surface area (Å²) in [5.41, 5.74) is 0.366. The molecule has 0 spiro atoms. The molecule has 1 rings (SSSR count). The van der Waals surface area contributed by atoms with Crippen LogP contribution in [0.4, 0.5) is 0 Å². The van der Waals surface area contributed by atoms with Gasteiger partial charge in [-0.2, -0.15) is 0 Å². The van der Waals surface area contributed by atoms with E-state index >= 15 is 0 Å². The highest BCUT2D eigenvalue weighted by molar-refractivity contribution is 6.40. The summed E-state index contributed by atoms with van der Waals surface area (Å²) in [5, 5.41) is 2.96. The van der Waals surface area contributed by atoms with Crippen LogP contribution in [-0.2, 0) is 9.59 Å². The molecule has 0 aliphatic rings. The molecular weight excluding hydrogens is 254 g/mol. The standard InChI is InChI=1S/C13H14ClNO3/c1-8(2)15-13(18)12(17)7-11(16)9-3-5-10(14)6-4-9/h3-6,8H,7H2,1-2H3,(H,15,18). The summed E-state index contributed by atoms with van der Waals surface area (Å²) in [7, 11) is 0. The lowest BCUT2D eigenvalue weighted by molar-refractivity contribution is -0.137. The van der Waals surface area contributed by atoms with Gasteiger partial charge in [-0.05, 0) is 38.1 Å². The third-order valence-corrected chi connectivity index (χ3v) is 2.41.